The van der Waals surface area contributed by atoms with Crippen molar-refractivity contribution in [1.29, 1.82) is 0 Å². The van der Waals surface area contributed by atoms with Gasteiger partial charge in [0.1, 0.15) is 17.5 Å². The first-order valence-corrected chi connectivity index (χ1v) is 7.01. The summed E-state index contributed by atoms with van der Waals surface area (Å²) in [5.74, 6) is 0.466. The number of rotatable bonds is 9. The molecule has 0 aliphatic carbocycles. The Balaban J connectivity index is 2.97. The van der Waals surface area contributed by atoms with Crippen LogP contribution in [0.2, 0.25) is 0 Å². The number of ether oxygens (including phenoxy) is 2. The van der Waals surface area contributed by atoms with Crippen molar-refractivity contribution in [3.63, 3.8) is 0 Å². The number of benzene rings is 1. The maximum atomic E-state index is 11.2. The Bertz CT molecular complexity index is 434. The number of carbonyl (C=O) groups is 1. The topological polar surface area (TPSA) is 67.8 Å². The van der Waals surface area contributed by atoms with Gasteiger partial charge in [-0.3, -0.25) is 0 Å². The summed E-state index contributed by atoms with van der Waals surface area (Å²) in [6, 6.07) is 4.76. The molecular formula is C15H23NO4. The van der Waals surface area contributed by atoms with Crippen molar-refractivity contribution < 1.29 is 19.4 Å². The predicted molar refractivity (Wildman–Crippen MR) is 78.7 cm³/mol. The number of hydrogen-bond donors (Lipinski definition) is 2. The van der Waals surface area contributed by atoms with Crippen molar-refractivity contribution in [2.75, 3.05) is 18.5 Å². The van der Waals surface area contributed by atoms with Gasteiger partial charge in [0.05, 0.1) is 18.9 Å². The van der Waals surface area contributed by atoms with Gasteiger partial charge in [-0.1, -0.05) is 13.3 Å². The van der Waals surface area contributed by atoms with Crippen LogP contribution in [0.15, 0.2) is 18.2 Å². The van der Waals surface area contributed by atoms with E-state index < -0.39 is 12.0 Å². The van der Waals surface area contributed by atoms with Gasteiger partial charge in [-0.15, -0.1) is 0 Å². The van der Waals surface area contributed by atoms with Gasteiger partial charge in [0, 0.05) is 6.07 Å². The number of nitrogens with one attached hydrogen (secondary N) is 1. The van der Waals surface area contributed by atoms with Crippen LogP contribution in [0, 0.1) is 0 Å². The van der Waals surface area contributed by atoms with Gasteiger partial charge in [0.25, 0.3) is 0 Å². The fourth-order valence-corrected chi connectivity index (χ4v) is 1.89. The van der Waals surface area contributed by atoms with Gasteiger partial charge < -0.3 is 19.9 Å². The normalized spacial score (nSPS) is 11.8. The molecule has 0 aliphatic rings. The summed E-state index contributed by atoms with van der Waals surface area (Å²) in [4.78, 5) is 11.2. The smallest absolute Gasteiger partial charge is 0.326 e. The fourth-order valence-electron chi connectivity index (χ4n) is 1.89. The van der Waals surface area contributed by atoms with Crippen molar-refractivity contribution in [2.45, 2.75) is 39.7 Å². The largest absolute Gasteiger partial charge is 0.494 e. The molecule has 0 bridgehead atoms. The Hall–Kier alpha value is -1.91. The van der Waals surface area contributed by atoms with Gasteiger partial charge in [0.2, 0.25) is 0 Å². The van der Waals surface area contributed by atoms with E-state index in [-0.39, 0.29) is 0 Å². The minimum absolute atomic E-state index is 0.522. The minimum Gasteiger partial charge on any atom is -0.494 e. The standard InChI is InChI=1S/C15H23NO4/c1-4-7-12(15(17)18)16-13-10-11(19-5-2)8-9-14(13)20-6-3/h8-10,12,16H,4-7H2,1-3H3,(H,17,18). The average Bonchev–Trinajstić information content (AvgIpc) is 2.41. The first-order valence-electron chi connectivity index (χ1n) is 7.01. The van der Waals surface area contributed by atoms with Crippen LogP contribution in [0.1, 0.15) is 33.6 Å². The van der Waals surface area contributed by atoms with E-state index >= 15 is 0 Å². The predicted octanol–water partition coefficient (Wildman–Crippen LogP) is 3.15. The highest BCUT2D eigenvalue weighted by Gasteiger charge is 2.18. The van der Waals surface area contributed by atoms with E-state index in [1.165, 1.54) is 0 Å². The molecule has 5 heteroatoms. The van der Waals surface area contributed by atoms with Crippen molar-refractivity contribution in [3.8, 4) is 11.5 Å². The molecule has 112 valence electrons. The number of hydrogen-bond acceptors (Lipinski definition) is 4. The molecule has 0 heterocycles. The Morgan fingerprint density at radius 3 is 2.50 bits per heavy atom. The molecule has 1 atom stereocenters. The lowest BCUT2D eigenvalue weighted by Crippen LogP contribution is -2.29. The van der Waals surface area contributed by atoms with Gasteiger partial charge in [-0.2, -0.15) is 0 Å². The lowest BCUT2D eigenvalue weighted by atomic mass is 10.1. The van der Waals surface area contributed by atoms with Crippen molar-refractivity contribution in [1.82, 2.24) is 0 Å². The van der Waals surface area contributed by atoms with Crippen LogP contribution in [-0.2, 0) is 4.79 Å². The fraction of sp³-hybridized carbons (Fsp3) is 0.533. The van der Waals surface area contributed by atoms with Gasteiger partial charge in [-0.25, -0.2) is 4.79 Å². The molecule has 0 saturated heterocycles. The lowest BCUT2D eigenvalue weighted by Gasteiger charge is -2.18. The lowest BCUT2D eigenvalue weighted by molar-refractivity contribution is -0.138. The second-order valence-corrected chi connectivity index (χ2v) is 4.35. The van der Waals surface area contributed by atoms with Crippen LogP contribution in [-0.4, -0.2) is 30.3 Å². The molecule has 0 spiro atoms. The average molecular weight is 281 g/mol. The van der Waals surface area contributed by atoms with Crippen LogP contribution in [0.4, 0.5) is 5.69 Å². The molecular weight excluding hydrogens is 258 g/mol. The Kier molecular flexibility index (Phi) is 6.70. The Morgan fingerprint density at radius 2 is 1.95 bits per heavy atom. The molecule has 0 aromatic heterocycles. The molecule has 0 saturated carbocycles. The van der Waals surface area contributed by atoms with E-state index in [1.54, 1.807) is 12.1 Å². The summed E-state index contributed by atoms with van der Waals surface area (Å²) in [6.07, 6.45) is 1.35. The molecule has 1 aromatic rings. The SMILES string of the molecule is CCCC(Nc1cc(OCC)ccc1OCC)C(=O)O. The molecule has 5 nitrogen and oxygen atoms in total. The monoisotopic (exact) mass is 281 g/mol. The third-order valence-corrected chi connectivity index (χ3v) is 2.77. The number of aliphatic carboxylic acids is 1. The molecule has 0 aliphatic heterocycles. The number of carboxylic acid groups (broad SMARTS) is 1. The highest BCUT2D eigenvalue weighted by molar-refractivity contribution is 5.78. The second kappa shape index (κ2) is 8.30. The maximum Gasteiger partial charge on any atom is 0.326 e. The summed E-state index contributed by atoms with van der Waals surface area (Å²) in [7, 11) is 0. The van der Waals surface area contributed by atoms with Crippen LogP contribution in [0.25, 0.3) is 0 Å². The van der Waals surface area contributed by atoms with Crippen LogP contribution < -0.4 is 14.8 Å². The van der Waals surface area contributed by atoms with Gasteiger partial charge in [-0.05, 0) is 32.4 Å². The van der Waals surface area contributed by atoms with E-state index in [2.05, 4.69) is 5.32 Å². The Labute approximate surface area is 119 Å². The van der Waals surface area contributed by atoms with Crippen LogP contribution in [0.3, 0.4) is 0 Å². The highest BCUT2D eigenvalue weighted by Crippen LogP contribution is 2.30. The zero-order chi connectivity index (χ0) is 15.0. The zero-order valence-corrected chi connectivity index (χ0v) is 12.3. The second-order valence-electron chi connectivity index (χ2n) is 4.35. The third kappa shape index (κ3) is 4.64. The minimum atomic E-state index is -0.865. The van der Waals surface area contributed by atoms with E-state index in [9.17, 15) is 9.90 Å². The van der Waals surface area contributed by atoms with Crippen molar-refractivity contribution >= 4 is 11.7 Å². The highest BCUT2D eigenvalue weighted by atomic mass is 16.5. The molecule has 1 rings (SSSR count). The molecule has 0 radical (unpaired) electrons. The first-order chi connectivity index (χ1) is 9.62. The molecule has 20 heavy (non-hydrogen) atoms. The van der Waals surface area contributed by atoms with E-state index in [0.717, 1.165) is 6.42 Å². The summed E-state index contributed by atoms with van der Waals surface area (Å²) in [5, 5.41) is 12.3. The quantitative estimate of drug-likeness (QED) is 0.727. The molecule has 0 fully saturated rings. The van der Waals surface area contributed by atoms with E-state index in [0.29, 0.717) is 36.8 Å². The number of carboxylic acids is 1. The van der Waals surface area contributed by atoms with E-state index in [1.807, 2.05) is 26.8 Å². The van der Waals surface area contributed by atoms with Gasteiger partial charge >= 0.3 is 5.97 Å². The summed E-state index contributed by atoms with van der Waals surface area (Å²) < 4.78 is 11.0. The summed E-state index contributed by atoms with van der Waals surface area (Å²) >= 11 is 0. The zero-order valence-electron chi connectivity index (χ0n) is 12.3. The molecule has 0 amide bonds. The first kappa shape index (κ1) is 16.1. The Morgan fingerprint density at radius 1 is 1.25 bits per heavy atom. The molecule has 1 unspecified atom stereocenters. The van der Waals surface area contributed by atoms with E-state index in [4.69, 9.17) is 9.47 Å². The van der Waals surface area contributed by atoms with Crippen molar-refractivity contribution in [2.24, 2.45) is 0 Å². The summed E-state index contributed by atoms with van der Waals surface area (Å²) in [5.41, 5.74) is 0.652. The van der Waals surface area contributed by atoms with Crippen LogP contribution in [0.5, 0.6) is 11.5 Å². The third-order valence-electron chi connectivity index (χ3n) is 2.77. The maximum absolute atomic E-state index is 11.2. The van der Waals surface area contributed by atoms with Crippen LogP contribution >= 0.6 is 0 Å². The molecule has 2 N–H and O–H groups in total. The molecule has 1 aromatic carbocycles. The van der Waals surface area contributed by atoms with Crippen molar-refractivity contribution in [3.05, 3.63) is 18.2 Å². The van der Waals surface area contributed by atoms with Gasteiger partial charge in [0.15, 0.2) is 0 Å². The number of anilines is 1. The summed E-state index contributed by atoms with van der Waals surface area (Å²) in [6.45, 7) is 6.83.